The normalized spacial score (nSPS) is 10.6. The summed E-state index contributed by atoms with van der Waals surface area (Å²) in [6.45, 7) is 0.799. The minimum Gasteiger partial charge on any atom is -0.468 e. The van der Waals surface area contributed by atoms with Gasteiger partial charge in [-0.25, -0.2) is 4.98 Å². The second kappa shape index (κ2) is 6.37. The van der Waals surface area contributed by atoms with Crippen molar-refractivity contribution < 1.29 is 4.42 Å². The lowest BCUT2D eigenvalue weighted by Crippen LogP contribution is -2.05. The minimum atomic E-state index is 0.587. The molecule has 3 aromatic rings. The molecule has 1 aromatic carbocycles. The van der Waals surface area contributed by atoms with Crippen molar-refractivity contribution in [2.24, 2.45) is 0 Å². The van der Waals surface area contributed by atoms with Gasteiger partial charge in [-0.2, -0.15) is 17.0 Å². The van der Waals surface area contributed by atoms with Crippen LogP contribution in [-0.4, -0.2) is 22.3 Å². The Labute approximate surface area is 126 Å². The SMILES string of the molecule is N#Cc1cccc2[nH]c(NCCSCc3ccco3)nc12. The van der Waals surface area contributed by atoms with Gasteiger partial charge in [-0.1, -0.05) is 6.07 Å². The topological polar surface area (TPSA) is 77.6 Å². The molecule has 0 fully saturated rings. The van der Waals surface area contributed by atoms with E-state index in [9.17, 15) is 0 Å². The van der Waals surface area contributed by atoms with Crippen molar-refractivity contribution in [3.63, 3.8) is 0 Å². The number of H-pyrrole nitrogens is 1. The fourth-order valence-electron chi connectivity index (χ4n) is 2.02. The molecule has 2 heterocycles. The average molecular weight is 298 g/mol. The molecule has 0 aliphatic rings. The van der Waals surface area contributed by atoms with Gasteiger partial charge in [0.25, 0.3) is 0 Å². The first-order valence-electron chi connectivity index (χ1n) is 6.59. The van der Waals surface area contributed by atoms with Gasteiger partial charge in [0.2, 0.25) is 5.95 Å². The highest BCUT2D eigenvalue weighted by atomic mass is 32.2. The molecule has 0 saturated carbocycles. The van der Waals surface area contributed by atoms with Gasteiger partial charge in [0.05, 0.1) is 23.1 Å². The molecule has 0 spiro atoms. The molecule has 6 heteroatoms. The second-order valence-electron chi connectivity index (χ2n) is 4.46. The van der Waals surface area contributed by atoms with Gasteiger partial charge >= 0.3 is 0 Å². The highest BCUT2D eigenvalue weighted by Crippen LogP contribution is 2.18. The fraction of sp³-hybridized carbons (Fsp3) is 0.200. The first kappa shape index (κ1) is 13.6. The number of anilines is 1. The summed E-state index contributed by atoms with van der Waals surface area (Å²) < 4.78 is 5.27. The van der Waals surface area contributed by atoms with Crippen LogP contribution < -0.4 is 5.32 Å². The molecular weight excluding hydrogens is 284 g/mol. The molecule has 2 aromatic heterocycles. The number of furan rings is 1. The summed E-state index contributed by atoms with van der Waals surface area (Å²) in [5.41, 5.74) is 2.18. The average Bonchev–Trinajstić information content (AvgIpc) is 3.15. The van der Waals surface area contributed by atoms with Crippen molar-refractivity contribution in [2.75, 3.05) is 17.6 Å². The van der Waals surface area contributed by atoms with Crippen molar-refractivity contribution in [3.05, 3.63) is 47.9 Å². The molecule has 5 nitrogen and oxygen atoms in total. The van der Waals surface area contributed by atoms with E-state index >= 15 is 0 Å². The summed E-state index contributed by atoms with van der Waals surface area (Å²) in [5.74, 6) is 3.50. The highest BCUT2D eigenvalue weighted by molar-refractivity contribution is 7.98. The molecule has 0 saturated heterocycles. The Bertz CT molecular complexity index is 758. The third-order valence-electron chi connectivity index (χ3n) is 3.00. The van der Waals surface area contributed by atoms with Gasteiger partial charge in [0, 0.05) is 12.3 Å². The number of para-hydroxylation sites is 1. The van der Waals surface area contributed by atoms with Crippen LogP contribution in [-0.2, 0) is 5.75 Å². The third kappa shape index (κ3) is 3.20. The first-order valence-corrected chi connectivity index (χ1v) is 7.75. The fourth-order valence-corrected chi connectivity index (χ4v) is 2.77. The smallest absolute Gasteiger partial charge is 0.201 e. The maximum atomic E-state index is 9.04. The largest absolute Gasteiger partial charge is 0.468 e. The second-order valence-corrected chi connectivity index (χ2v) is 5.56. The van der Waals surface area contributed by atoms with E-state index in [1.807, 2.05) is 24.3 Å². The monoisotopic (exact) mass is 298 g/mol. The Morgan fingerprint density at radius 3 is 3.10 bits per heavy atom. The van der Waals surface area contributed by atoms with Crippen LogP contribution in [0, 0.1) is 11.3 Å². The van der Waals surface area contributed by atoms with Crippen molar-refractivity contribution in [1.82, 2.24) is 9.97 Å². The van der Waals surface area contributed by atoms with E-state index in [0.717, 1.165) is 29.3 Å². The van der Waals surface area contributed by atoms with Crippen LogP contribution in [0.25, 0.3) is 11.0 Å². The van der Waals surface area contributed by atoms with Crippen molar-refractivity contribution >= 4 is 28.7 Å². The minimum absolute atomic E-state index is 0.587. The summed E-state index contributed by atoms with van der Waals surface area (Å²) in [6.07, 6.45) is 1.69. The third-order valence-corrected chi connectivity index (χ3v) is 3.98. The molecule has 0 unspecified atom stereocenters. The van der Waals surface area contributed by atoms with Crippen LogP contribution >= 0.6 is 11.8 Å². The Morgan fingerprint density at radius 2 is 2.29 bits per heavy atom. The number of imidazole rings is 1. The highest BCUT2D eigenvalue weighted by Gasteiger charge is 2.06. The maximum absolute atomic E-state index is 9.04. The number of nitrogens with zero attached hydrogens (tertiary/aromatic N) is 2. The molecule has 2 N–H and O–H groups in total. The molecule has 106 valence electrons. The van der Waals surface area contributed by atoms with E-state index in [1.165, 1.54) is 0 Å². The van der Waals surface area contributed by atoms with Crippen molar-refractivity contribution in [1.29, 1.82) is 5.26 Å². The van der Waals surface area contributed by atoms with E-state index in [4.69, 9.17) is 9.68 Å². The molecule has 0 bridgehead atoms. The molecule has 0 atom stereocenters. The molecule has 0 amide bonds. The number of rotatable bonds is 6. The Kier molecular flexibility index (Phi) is 4.12. The Hall–Kier alpha value is -2.39. The summed E-state index contributed by atoms with van der Waals surface area (Å²) in [6, 6.07) is 11.6. The summed E-state index contributed by atoms with van der Waals surface area (Å²) in [5, 5.41) is 12.3. The number of hydrogen-bond donors (Lipinski definition) is 2. The van der Waals surface area contributed by atoms with Gasteiger partial charge in [-0.05, 0) is 24.3 Å². The van der Waals surface area contributed by atoms with Crippen LogP contribution in [0.1, 0.15) is 11.3 Å². The van der Waals surface area contributed by atoms with Gasteiger partial charge in [-0.3, -0.25) is 0 Å². The lowest BCUT2D eigenvalue weighted by atomic mass is 10.2. The molecule has 0 radical (unpaired) electrons. The summed E-state index contributed by atoms with van der Waals surface area (Å²) in [4.78, 5) is 7.59. The van der Waals surface area contributed by atoms with Gasteiger partial charge in [-0.15, -0.1) is 0 Å². The zero-order chi connectivity index (χ0) is 14.5. The number of fused-ring (bicyclic) bond motifs is 1. The van der Waals surface area contributed by atoms with Crippen molar-refractivity contribution in [2.45, 2.75) is 5.75 Å². The number of aromatic nitrogens is 2. The number of nitriles is 1. The van der Waals surface area contributed by atoms with E-state index in [2.05, 4.69) is 21.4 Å². The lowest BCUT2D eigenvalue weighted by Gasteiger charge is -2.01. The van der Waals surface area contributed by atoms with E-state index < -0.39 is 0 Å². The quantitative estimate of drug-likeness (QED) is 0.682. The zero-order valence-corrected chi connectivity index (χ0v) is 12.1. The molecule has 3 rings (SSSR count). The summed E-state index contributed by atoms with van der Waals surface area (Å²) >= 11 is 1.79. The van der Waals surface area contributed by atoms with E-state index in [-0.39, 0.29) is 0 Å². The molecular formula is C15H14N4OS. The van der Waals surface area contributed by atoms with Crippen LogP contribution in [0.2, 0.25) is 0 Å². The lowest BCUT2D eigenvalue weighted by molar-refractivity contribution is 0.530. The van der Waals surface area contributed by atoms with E-state index in [0.29, 0.717) is 17.0 Å². The van der Waals surface area contributed by atoms with Gasteiger partial charge in [0.15, 0.2) is 0 Å². The molecule has 0 aliphatic heterocycles. The molecule has 21 heavy (non-hydrogen) atoms. The number of aromatic amines is 1. The van der Waals surface area contributed by atoms with Crippen molar-refractivity contribution in [3.8, 4) is 6.07 Å². The molecule has 0 aliphatic carbocycles. The Balaban J connectivity index is 1.53. The number of thioether (sulfide) groups is 1. The number of hydrogen-bond acceptors (Lipinski definition) is 5. The van der Waals surface area contributed by atoms with E-state index in [1.54, 1.807) is 24.1 Å². The van der Waals surface area contributed by atoms with Gasteiger partial charge in [0.1, 0.15) is 17.3 Å². The predicted molar refractivity (Wildman–Crippen MR) is 84.2 cm³/mol. The maximum Gasteiger partial charge on any atom is 0.201 e. The van der Waals surface area contributed by atoms with Crippen LogP contribution in [0.5, 0.6) is 0 Å². The number of nitrogens with one attached hydrogen (secondary N) is 2. The first-order chi connectivity index (χ1) is 10.4. The van der Waals surface area contributed by atoms with Crippen LogP contribution in [0.15, 0.2) is 41.0 Å². The standard InChI is InChI=1S/C15H14N4OS/c16-9-11-3-1-5-13-14(11)19-15(18-13)17-6-8-21-10-12-4-2-7-20-12/h1-5,7H,6,8,10H2,(H2,17,18,19). The number of benzene rings is 1. The predicted octanol–water partition coefficient (Wildman–Crippen LogP) is 3.37. The zero-order valence-electron chi connectivity index (χ0n) is 11.3. The van der Waals surface area contributed by atoms with Crippen LogP contribution in [0.3, 0.4) is 0 Å². The Morgan fingerprint density at radius 1 is 1.33 bits per heavy atom. The van der Waals surface area contributed by atoms with Crippen LogP contribution in [0.4, 0.5) is 5.95 Å². The summed E-state index contributed by atoms with van der Waals surface area (Å²) in [7, 11) is 0. The van der Waals surface area contributed by atoms with Gasteiger partial charge < -0.3 is 14.7 Å².